The SMILES string of the molecule is CCC(O)[C@@]1(CO)O[C@H](OC2[C@@H](CO)O[C@@H](OC3[C@@H](CO)O[C@@H](O)[C@H](N)[C@H]3O)[C@H](N)[C@H]2O)[C@H](N)[C@@H](O)[C@]1(O)SS[C@]1(O)[C-](O)[C@H](N)[C@@H](OC2[C@@H](CO)O[C@@H](OC3[C@@H](CO)O[C@@H](O)[C@H](N)[C@H]3O)[C@H](N)[C@H]2O)O[C@]1(CO)C(O)CC.[Mo]. The zero-order chi connectivity index (χ0) is 58.3. The van der Waals surface area contributed by atoms with Crippen LogP contribution in [0.1, 0.15) is 26.7 Å². The fraction of sp³-hybridized carbons (Fsp3) is 0.976. The Kier molecular flexibility index (Phi) is 25.0. The summed E-state index contributed by atoms with van der Waals surface area (Å²) in [5.41, 5.74) is 31.3. The summed E-state index contributed by atoms with van der Waals surface area (Å²) in [4.78, 5) is -6.38. The van der Waals surface area contributed by atoms with Gasteiger partial charge in [-0.2, -0.15) is 0 Å². The molecule has 0 bridgehead atoms. The molecule has 0 aromatic rings. The average molecular weight is 1280 g/mol. The Morgan fingerprint density at radius 3 is 1.22 bits per heavy atom. The summed E-state index contributed by atoms with van der Waals surface area (Å²) in [7, 11) is -0.0647. The standard InChI is InChI=1S/C42H79N6O28S2.Mo/c1-3-15(55)39(9-53)41(65,31(61)21(47)37(75-39)73-29-13(7-51)69-35(19(45)25(29)59)71-27-11(5-49)67-33(63)17(43)23(27)57)77-78-42(66)32(62)22(48)38(76-40(42,10-54)16(56)4-2)74-30-14(8-52)70-36(20(46)26(30)60)72-28-12(6-50)68-34(64)18(44)24(28)58;/h11-31,33-38,49-66H,3-10,43-48H2,1-2H3;/q-1;/t11-,12-,13-,14-,15?,16?,17-,18-,19-,20-,21-,22+,23-,24-,25-,26-,27?,28?,29?,30?,31-,33-,34-,35+,36+,37+,38+,39-,40-,41+,42-;/m1./s1. The van der Waals surface area contributed by atoms with E-state index in [4.69, 9.17) is 81.8 Å². The first kappa shape index (κ1) is 69.8. The molecule has 0 aromatic carbocycles. The van der Waals surface area contributed by atoms with Crippen LogP contribution in [0.2, 0.25) is 0 Å². The van der Waals surface area contributed by atoms with E-state index in [1.807, 2.05) is 0 Å². The molecule has 6 saturated heterocycles. The van der Waals surface area contributed by atoms with Gasteiger partial charge in [-0.3, -0.25) is 0 Å². The maximum atomic E-state index is 12.7. The van der Waals surface area contributed by atoms with Gasteiger partial charge in [0, 0.05) is 21.1 Å². The molecular weight excluding hydrogens is 1200 g/mol. The molecule has 0 radical (unpaired) electrons. The van der Waals surface area contributed by atoms with E-state index in [1.54, 1.807) is 0 Å². The average Bonchev–Trinajstić information content (AvgIpc) is 3.47. The number of ether oxygens (including phenoxy) is 10. The van der Waals surface area contributed by atoms with Crippen LogP contribution in [0.3, 0.4) is 0 Å². The molecule has 79 heavy (non-hydrogen) atoms. The first-order valence-corrected chi connectivity index (χ1v) is 27.1. The van der Waals surface area contributed by atoms with Crippen LogP contribution >= 0.6 is 21.6 Å². The number of aliphatic hydroxyl groups is 18. The van der Waals surface area contributed by atoms with Crippen molar-refractivity contribution in [3.05, 3.63) is 6.10 Å². The van der Waals surface area contributed by atoms with E-state index in [2.05, 4.69) is 0 Å². The van der Waals surface area contributed by atoms with Gasteiger partial charge in [0.15, 0.2) is 42.0 Å². The summed E-state index contributed by atoms with van der Waals surface area (Å²) in [6.45, 7) is -3.64. The molecule has 6 unspecified atom stereocenters. The monoisotopic (exact) mass is 1280 g/mol. The molecule has 6 aliphatic rings. The van der Waals surface area contributed by atoms with Crippen LogP contribution in [0.15, 0.2) is 0 Å². The number of hydrogen-bond donors (Lipinski definition) is 24. The van der Waals surface area contributed by atoms with Crippen LogP contribution < -0.4 is 34.4 Å². The van der Waals surface area contributed by atoms with E-state index in [0.29, 0.717) is 0 Å². The summed E-state index contributed by atoms with van der Waals surface area (Å²) < 4.78 is 57.6. The molecule has 30 N–H and O–H groups in total. The molecule has 6 aliphatic heterocycles. The fourth-order valence-corrected chi connectivity index (χ4v) is 13.9. The normalized spacial score (nSPS) is 50.9. The minimum atomic E-state index is -3.23. The van der Waals surface area contributed by atoms with E-state index in [9.17, 15) is 91.9 Å². The van der Waals surface area contributed by atoms with Gasteiger partial charge in [0.25, 0.3) is 0 Å². The first-order valence-electron chi connectivity index (χ1n) is 24.9. The Bertz CT molecular complexity index is 1780. The van der Waals surface area contributed by atoms with Crippen molar-refractivity contribution in [3.63, 3.8) is 0 Å². The van der Waals surface area contributed by atoms with Crippen molar-refractivity contribution < 1.29 is 160 Å². The third kappa shape index (κ3) is 12.6. The minimum Gasteiger partial charge on any atom is -0.558 e. The molecule has 6 fully saturated rings. The Morgan fingerprint density at radius 2 is 0.835 bits per heavy atom. The second-order valence-electron chi connectivity index (χ2n) is 20.0. The molecule has 6 heterocycles. The Balaban J connectivity index is 0.0000115. The fourth-order valence-electron chi connectivity index (χ4n) is 10.3. The minimum absolute atomic E-state index is 0. The van der Waals surface area contributed by atoms with Gasteiger partial charge < -0.3 is 174 Å². The van der Waals surface area contributed by atoms with Crippen LogP contribution in [0.5, 0.6) is 0 Å². The summed E-state index contributed by atoms with van der Waals surface area (Å²) in [6, 6.07) is -10.2. The number of aliphatic hydroxyl groups excluding tert-OH is 16. The van der Waals surface area contributed by atoms with Crippen LogP contribution in [-0.4, -0.2) is 318 Å². The summed E-state index contributed by atoms with van der Waals surface area (Å²) in [5.74, 6) is 0. The van der Waals surface area contributed by atoms with Crippen molar-refractivity contribution in [2.45, 2.75) is 213 Å². The van der Waals surface area contributed by atoms with Gasteiger partial charge in [-0.25, -0.2) is 0 Å². The number of rotatable bonds is 21. The largest absolute Gasteiger partial charge is 0.558 e. The Hall–Kier alpha value is 0.0283. The molecule has 464 valence electrons. The summed E-state index contributed by atoms with van der Waals surface area (Å²) >= 11 is 0. The zero-order valence-corrected chi connectivity index (χ0v) is 46.2. The molecule has 0 saturated carbocycles. The van der Waals surface area contributed by atoms with E-state index < -0.39 is 232 Å². The second-order valence-corrected chi connectivity index (χ2v) is 22.5. The molecule has 0 spiro atoms. The molecule has 6 rings (SSSR count). The maximum absolute atomic E-state index is 12.7. The first-order chi connectivity index (χ1) is 36.6. The Morgan fingerprint density at radius 1 is 0.494 bits per heavy atom. The topological polar surface area (TPSA) is 613 Å². The van der Waals surface area contributed by atoms with E-state index in [0.717, 1.165) is 0 Å². The van der Waals surface area contributed by atoms with Crippen LogP contribution in [0.4, 0.5) is 0 Å². The van der Waals surface area contributed by atoms with E-state index in [-0.39, 0.29) is 55.5 Å². The van der Waals surface area contributed by atoms with Crippen molar-refractivity contribution in [3.8, 4) is 0 Å². The van der Waals surface area contributed by atoms with Crippen molar-refractivity contribution in [2.75, 3.05) is 39.6 Å². The Labute approximate surface area is 473 Å². The number of hydrogen-bond acceptors (Lipinski definition) is 36. The van der Waals surface area contributed by atoms with E-state index in [1.165, 1.54) is 13.8 Å². The third-order valence-corrected chi connectivity index (χ3v) is 18.7. The second kappa shape index (κ2) is 28.2. The van der Waals surface area contributed by atoms with Crippen LogP contribution in [0, 0.1) is 6.10 Å². The molecule has 31 atom stereocenters. The van der Waals surface area contributed by atoms with Crippen LogP contribution in [-0.2, 0) is 68.4 Å². The van der Waals surface area contributed by atoms with Crippen molar-refractivity contribution in [2.24, 2.45) is 34.4 Å². The molecule has 0 aromatic heterocycles. The number of nitrogens with two attached hydrogens (primary N) is 6. The van der Waals surface area contributed by atoms with E-state index >= 15 is 0 Å². The van der Waals surface area contributed by atoms with Gasteiger partial charge in [-0.15, -0.1) is 6.10 Å². The van der Waals surface area contributed by atoms with Gasteiger partial charge in [0.2, 0.25) is 0 Å². The van der Waals surface area contributed by atoms with Crippen molar-refractivity contribution in [1.82, 2.24) is 0 Å². The predicted octanol–water partition coefficient (Wildman–Crippen LogP) is -13.5. The predicted molar refractivity (Wildman–Crippen MR) is 257 cm³/mol. The van der Waals surface area contributed by atoms with Crippen LogP contribution in [0.25, 0.3) is 0 Å². The van der Waals surface area contributed by atoms with Gasteiger partial charge >= 0.3 is 0 Å². The third-order valence-electron chi connectivity index (χ3n) is 15.3. The quantitative estimate of drug-likeness (QED) is 0.0220. The van der Waals surface area contributed by atoms with Gasteiger partial charge in [0.1, 0.15) is 91.2 Å². The maximum Gasteiger partial charge on any atom is 0.181 e. The molecule has 37 heteroatoms. The van der Waals surface area contributed by atoms with Crippen molar-refractivity contribution in [1.29, 1.82) is 0 Å². The molecule has 34 nitrogen and oxygen atoms in total. The van der Waals surface area contributed by atoms with Crippen molar-refractivity contribution >= 4 is 21.6 Å². The van der Waals surface area contributed by atoms with Gasteiger partial charge in [0.05, 0.1) is 87.0 Å². The molecule has 0 amide bonds. The summed E-state index contributed by atoms with van der Waals surface area (Å²) in [6.07, 6.45) is -39.3. The summed E-state index contributed by atoms with van der Waals surface area (Å²) in [5, 5.41) is 200. The molecule has 0 aliphatic carbocycles. The zero-order valence-electron chi connectivity index (χ0n) is 42.6. The van der Waals surface area contributed by atoms with Gasteiger partial charge in [-0.05, 0) is 18.9 Å². The smallest absolute Gasteiger partial charge is 0.181 e. The van der Waals surface area contributed by atoms with Gasteiger partial charge in [-0.1, -0.05) is 35.4 Å². The molecular formula is C42H79MoN6O28S2-.